The molecule has 2 amide bonds. The van der Waals surface area contributed by atoms with E-state index in [2.05, 4.69) is 10.1 Å². The molecule has 1 aromatic heterocycles. The smallest absolute Gasteiger partial charge is 0.292 e. The predicted molar refractivity (Wildman–Crippen MR) is 102 cm³/mol. The first kappa shape index (κ1) is 18.5. The Morgan fingerprint density at radius 1 is 0.852 bits per heavy atom. The van der Waals surface area contributed by atoms with Crippen LogP contribution in [0.4, 0.5) is 0 Å². The van der Waals surface area contributed by atoms with Crippen molar-refractivity contribution >= 4 is 11.8 Å². The zero-order valence-corrected chi connectivity index (χ0v) is 16.4. The van der Waals surface area contributed by atoms with E-state index in [1.807, 2.05) is 0 Å². The second-order valence-electron chi connectivity index (χ2n) is 8.52. The maximum absolute atomic E-state index is 13.4. The molecule has 0 radical (unpaired) electrons. The fourth-order valence-corrected chi connectivity index (χ4v) is 4.76. The molecule has 27 heavy (non-hydrogen) atoms. The zero-order valence-electron chi connectivity index (χ0n) is 16.4. The molecule has 1 heterocycles. The highest BCUT2D eigenvalue weighted by Crippen LogP contribution is 2.32. The zero-order chi connectivity index (χ0) is 18.8. The molecular weight excluding hydrogens is 342 g/mol. The highest BCUT2D eigenvalue weighted by atomic mass is 16.5. The molecule has 0 atom stereocenters. The van der Waals surface area contributed by atoms with Crippen molar-refractivity contribution in [3.63, 3.8) is 0 Å². The Bertz CT molecular complexity index is 652. The largest absolute Gasteiger partial charge is 0.350 e. The molecule has 3 fully saturated rings. The van der Waals surface area contributed by atoms with Gasteiger partial charge in [0.15, 0.2) is 5.69 Å². The highest BCUT2D eigenvalue weighted by Gasteiger charge is 2.36. The lowest BCUT2D eigenvalue weighted by atomic mass is 9.88. The standard InChI is InChI=1S/C21H31N3O3/c1-23(15-12-13-15)20(25)18-14-19(27-22-18)21(26)24(16-8-4-2-5-9-16)17-10-6-3-7-11-17/h14-17H,2-13H2,1H3. The molecule has 0 unspecified atom stereocenters. The lowest BCUT2D eigenvalue weighted by molar-refractivity contribution is 0.0408. The van der Waals surface area contributed by atoms with Gasteiger partial charge in [-0.25, -0.2) is 0 Å². The molecule has 3 aliphatic rings. The van der Waals surface area contributed by atoms with Crippen molar-refractivity contribution in [2.45, 2.75) is 95.2 Å². The molecule has 6 heteroatoms. The number of hydrogen-bond acceptors (Lipinski definition) is 4. The number of carbonyl (C=O) groups is 2. The Hall–Kier alpha value is -1.85. The van der Waals surface area contributed by atoms with Gasteiger partial charge in [0, 0.05) is 31.2 Å². The van der Waals surface area contributed by atoms with Crippen molar-refractivity contribution in [2.24, 2.45) is 0 Å². The average Bonchev–Trinajstić information content (AvgIpc) is 3.45. The van der Waals surface area contributed by atoms with Crippen molar-refractivity contribution in [3.8, 4) is 0 Å². The van der Waals surface area contributed by atoms with Gasteiger partial charge in [0.05, 0.1) is 0 Å². The summed E-state index contributed by atoms with van der Waals surface area (Å²) in [5.41, 5.74) is 0.250. The molecule has 0 N–H and O–H groups in total. The predicted octanol–water partition coefficient (Wildman–Crippen LogP) is 4.02. The van der Waals surface area contributed by atoms with Gasteiger partial charge in [-0.1, -0.05) is 43.7 Å². The molecule has 4 rings (SSSR count). The van der Waals surface area contributed by atoms with Gasteiger partial charge in [-0.3, -0.25) is 9.59 Å². The van der Waals surface area contributed by atoms with Gasteiger partial charge < -0.3 is 14.3 Å². The molecule has 3 saturated carbocycles. The van der Waals surface area contributed by atoms with Gasteiger partial charge >= 0.3 is 0 Å². The molecule has 3 aliphatic carbocycles. The van der Waals surface area contributed by atoms with Crippen LogP contribution in [0.3, 0.4) is 0 Å². The van der Waals surface area contributed by atoms with E-state index in [0.29, 0.717) is 18.1 Å². The van der Waals surface area contributed by atoms with Crippen molar-refractivity contribution in [2.75, 3.05) is 7.05 Å². The van der Waals surface area contributed by atoms with Crippen LogP contribution >= 0.6 is 0 Å². The normalized spacial score (nSPS) is 21.8. The summed E-state index contributed by atoms with van der Waals surface area (Å²) in [7, 11) is 1.80. The van der Waals surface area contributed by atoms with Crippen LogP contribution in [0.5, 0.6) is 0 Å². The van der Waals surface area contributed by atoms with E-state index in [9.17, 15) is 9.59 Å². The van der Waals surface area contributed by atoms with Crippen LogP contribution in [0.25, 0.3) is 0 Å². The third-order valence-electron chi connectivity index (χ3n) is 6.53. The molecule has 0 aromatic carbocycles. The van der Waals surface area contributed by atoms with Crippen molar-refractivity contribution < 1.29 is 14.1 Å². The molecule has 6 nitrogen and oxygen atoms in total. The van der Waals surface area contributed by atoms with Crippen LogP contribution in [-0.2, 0) is 0 Å². The Labute approximate surface area is 161 Å². The molecule has 0 spiro atoms. The molecule has 0 saturated heterocycles. The summed E-state index contributed by atoms with van der Waals surface area (Å²) in [6, 6.07) is 2.47. The first-order chi connectivity index (χ1) is 13.1. The van der Waals surface area contributed by atoms with Gasteiger partial charge in [0.1, 0.15) is 0 Å². The van der Waals surface area contributed by atoms with Crippen molar-refractivity contribution in [3.05, 3.63) is 17.5 Å². The fraction of sp³-hybridized carbons (Fsp3) is 0.762. The molecular formula is C21H31N3O3. The number of hydrogen-bond donors (Lipinski definition) is 0. The highest BCUT2D eigenvalue weighted by molar-refractivity contribution is 5.97. The van der Waals surface area contributed by atoms with Crippen molar-refractivity contribution in [1.82, 2.24) is 15.0 Å². The van der Waals surface area contributed by atoms with Crippen LogP contribution in [0.2, 0.25) is 0 Å². The maximum atomic E-state index is 13.4. The lowest BCUT2D eigenvalue weighted by Gasteiger charge is -2.41. The van der Waals surface area contributed by atoms with Crippen LogP contribution in [0, 0.1) is 0 Å². The first-order valence-corrected chi connectivity index (χ1v) is 10.7. The Balaban J connectivity index is 1.52. The lowest BCUT2D eigenvalue weighted by Crippen LogP contribution is -2.48. The van der Waals surface area contributed by atoms with E-state index in [0.717, 1.165) is 38.5 Å². The van der Waals surface area contributed by atoms with Crippen molar-refractivity contribution in [1.29, 1.82) is 0 Å². The summed E-state index contributed by atoms with van der Waals surface area (Å²) >= 11 is 0. The second kappa shape index (κ2) is 8.03. The van der Waals surface area contributed by atoms with E-state index in [1.165, 1.54) is 38.5 Å². The van der Waals surface area contributed by atoms with Gasteiger partial charge in [-0.2, -0.15) is 0 Å². The summed E-state index contributed by atoms with van der Waals surface area (Å²) < 4.78 is 5.37. The molecule has 0 bridgehead atoms. The second-order valence-corrected chi connectivity index (χ2v) is 8.52. The Kier molecular flexibility index (Phi) is 5.50. The van der Waals surface area contributed by atoms with Gasteiger partial charge in [0.2, 0.25) is 5.76 Å². The number of amides is 2. The SMILES string of the molecule is CN(C(=O)c1cc(C(=O)N(C2CCCCC2)C2CCCCC2)on1)C1CC1. The summed E-state index contributed by atoms with van der Waals surface area (Å²) in [6.45, 7) is 0. The summed E-state index contributed by atoms with van der Waals surface area (Å²) in [5, 5.41) is 3.93. The third kappa shape index (κ3) is 4.04. The van der Waals surface area contributed by atoms with E-state index in [-0.39, 0.29) is 23.3 Å². The molecule has 148 valence electrons. The average molecular weight is 373 g/mol. The monoisotopic (exact) mass is 373 g/mol. The minimum absolute atomic E-state index is 0.0746. The Morgan fingerprint density at radius 3 is 1.93 bits per heavy atom. The van der Waals surface area contributed by atoms with Gasteiger partial charge in [-0.05, 0) is 38.5 Å². The summed E-state index contributed by atoms with van der Waals surface area (Å²) in [4.78, 5) is 29.7. The number of carbonyl (C=O) groups excluding carboxylic acids is 2. The van der Waals surface area contributed by atoms with E-state index in [4.69, 9.17) is 4.52 Å². The van der Waals surface area contributed by atoms with E-state index < -0.39 is 0 Å². The molecule has 1 aromatic rings. The van der Waals surface area contributed by atoms with Gasteiger partial charge in [-0.15, -0.1) is 0 Å². The van der Waals surface area contributed by atoms with Crippen LogP contribution in [0.1, 0.15) is 98.1 Å². The fourth-order valence-electron chi connectivity index (χ4n) is 4.76. The van der Waals surface area contributed by atoms with Gasteiger partial charge in [0.25, 0.3) is 11.8 Å². The maximum Gasteiger partial charge on any atom is 0.292 e. The van der Waals surface area contributed by atoms with E-state index in [1.54, 1.807) is 18.0 Å². The first-order valence-electron chi connectivity index (χ1n) is 10.7. The Morgan fingerprint density at radius 2 is 1.41 bits per heavy atom. The number of rotatable bonds is 5. The summed E-state index contributed by atoms with van der Waals surface area (Å²) in [6.07, 6.45) is 13.7. The molecule has 0 aliphatic heterocycles. The third-order valence-corrected chi connectivity index (χ3v) is 6.53. The minimum atomic E-state index is -0.151. The minimum Gasteiger partial charge on any atom is -0.350 e. The van der Waals surface area contributed by atoms with Crippen LogP contribution in [-0.4, -0.2) is 51.9 Å². The quantitative estimate of drug-likeness (QED) is 0.782. The van der Waals surface area contributed by atoms with E-state index >= 15 is 0 Å². The number of nitrogens with zero attached hydrogens (tertiary/aromatic N) is 3. The van der Waals surface area contributed by atoms with Crippen LogP contribution < -0.4 is 0 Å². The number of aromatic nitrogens is 1. The van der Waals surface area contributed by atoms with Crippen LogP contribution in [0.15, 0.2) is 10.6 Å². The summed E-state index contributed by atoms with van der Waals surface area (Å²) in [5.74, 6) is -0.00435. The topological polar surface area (TPSA) is 66.7 Å².